The molecule has 0 aromatic heterocycles. The van der Waals surface area contributed by atoms with Crippen LogP contribution in [0.4, 0.5) is 5.69 Å². The molecule has 7 heteroatoms. The van der Waals surface area contributed by atoms with Crippen LogP contribution >= 0.6 is 11.6 Å². The van der Waals surface area contributed by atoms with Crippen molar-refractivity contribution in [1.29, 1.82) is 0 Å². The van der Waals surface area contributed by atoms with Gasteiger partial charge in [-0.25, -0.2) is 0 Å². The standard InChI is InChI=1S/C24H30ClN3O3/c1-26(2)12-11-23(30)22-5-3-4-6-24(22)31-18-21(29)17-27-13-15-28(16-14-27)20-9-7-19(25)8-10-20/h3-12,21,29H,13-18H2,1-2H3. The first kappa shape index (κ1) is 23.1. The molecule has 1 aliphatic rings. The van der Waals surface area contributed by atoms with Crippen LogP contribution in [0.25, 0.3) is 0 Å². The SMILES string of the molecule is CN(C)C=CC(=O)c1ccccc1OCC(O)CN1CCN(c2ccc(Cl)cc2)CC1. The van der Waals surface area contributed by atoms with Gasteiger partial charge in [-0.2, -0.15) is 0 Å². The second-order valence-electron chi connectivity index (χ2n) is 7.87. The number of hydrogen-bond acceptors (Lipinski definition) is 6. The van der Waals surface area contributed by atoms with Crippen molar-refractivity contribution in [3.8, 4) is 5.75 Å². The number of para-hydroxylation sites is 1. The average Bonchev–Trinajstić information content (AvgIpc) is 2.77. The van der Waals surface area contributed by atoms with Crippen LogP contribution in [-0.2, 0) is 0 Å². The van der Waals surface area contributed by atoms with Gasteiger partial charge in [-0.05, 0) is 36.4 Å². The highest BCUT2D eigenvalue weighted by atomic mass is 35.5. The second-order valence-corrected chi connectivity index (χ2v) is 8.31. The maximum absolute atomic E-state index is 12.4. The third-order valence-corrected chi connectivity index (χ3v) is 5.39. The van der Waals surface area contributed by atoms with Crippen molar-refractivity contribution in [3.05, 3.63) is 71.4 Å². The molecule has 0 bridgehead atoms. The van der Waals surface area contributed by atoms with Gasteiger partial charge in [-0.15, -0.1) is 0 Å². The van der Waals surface area contributed by atoms with Crippen molar-refractivity contribution in [2.75, 3.05) is 58.3 Å². The van der Waals surface area contributed by atoms with E-state index in [9.17, 15) is 9.90 Å². The lowest BCUT2D eigenvalue weighted by Gasteiger charge is -2.36. The number of carbonyl (C=O) groups excluding carboxylic acids is 1. The van der Waals surface area contributed by atoms with Crippen LogP contribution in [0.1, 0.15) is 10.4 Å². The van der Waals surface area contributed by atoms with Gasteiger partial charge in [-0.3, -0.25) is 9.69 Å². The van der Waals surface area contributed by atoms with Crippen molar-refractivity contribution >= 4 is 23.1 Å². The molecule has 166 valence electrons. The fourth-order valence-electron chi connectivity index (χ4n) is 3.48. The number of nitrogens with zero attached hydrogens (tertiary/aromatic N) is 3. The lowest BCUT2D eigenvalue weighted by molar-refractivity contribution is 0.0657. The number of aliphatic hydroxyl groups is 1. The van der Waals surface area contributed by atoms with Gasteiger partial charge >= 0.3 is 0 Å². The largest absolute Gasteiger partial charge is 0.490 e. The van der Waals surface area contributed by atoms with E-state index in [0.29, 0.717) is 17.9 Å². The van der Waals surface area contributed by atoms with Crippen LogP contribution in [0.5, 0.6) is 5.75 Å². The van der Waals surface area contributed by atoms with Crippen LogP contribution < -0.4 is 9.64 Å². The molecule has 2 aromatic rings. The maximum Gasteiger partial charge on any atom is 0.191 e. The summed E-state index contributed by atoms with van der Waals surface area (Å²) in [6.45, 7) is 4.19. The van der Waals surface area contributed by atoms with E-state index < -0.39 is 6.10 Å². The number of allylic oxidation sites excluding steroid dienone is 1. The minimum absolute atomic E-state index is 0.128. The molecule has 1 aliphatic heterocycles. The molecule has 1 heterocycles. The normalized spacial score (nSPS) is 15.8. The summed E-state index contributed by atoms with van der Waals surface area (Å²) < 4.78 is 5.80. The molecule has 0 amide bonds. The number of benzene rings is 2. The molecule has 2 aromatic carbocycles. The Kier molecular flexibility index (Phi) is 8.35. The molecule has 1 atom stereocenters. The number of rotatable bonds is 9. The lowest BCUT2D eigenvalue weighted by atomic mass is 10.1. The number of aliphatic hydroxyl groups excluding tert-OH is 1. The highest BCUT2D eigenvalue weighted by molar-refractivity contribution is 6.30. The number of hydrogen-bond donors (Lipinski definition) is 1. The summed E-state index contributed by atoms with van der Waals surface area (Å²) in [6.07, 6.45) is 2.58. The van der Waals surface area contributed by atoms with E-state index in [-0.39, 0.29) is 12.4 Å². The molecule has 0 aliphatic carbocycles. The summed E-state index contributed by atoms with van der Waals surface area (Å²) in [4.78, 5) is 18.8. The Morgan fingerprint density at radius 3 is 2.48 bits per heavy atom. The van der Waals surface area contributed by atoms with Crippen LogP contribution in [-0.4, -0.2) is 80.2 Å². The van der Waals surface area contributed by atoms with E-state index in [1.165, 1.54) is 6.08 Å². The molecule has 1 N–H and O–H groups in total. The Labute approximate surface area is 189 Å². The van der Waals surface area contributed by atoms with E-state index in [1.807, 2.05) is 44.4 Å². The highest BCUT2D eigenvalue weighted by Gasteiger charge is 2.20. The number of anilines is 1. The van der Waals surface area contributed by atoms with E-state index in [4.69, 9.17) is 16.3 Å². The summed E-state index contributed by atoms with van der Waals surface area (Å²) in [5.74, 6) is 0.361. The van der Waals surface area contributed by atoms with Crippen molar-refractivity contribution in [2.24, 2.45) is 0 Å². The van der Waals surface area contributed by atoms with Gasteiger partial charge in [0.05, 0.1) is 5.56 Å². The average molecular weight is 444 g/mol. The quantitative estimate of drug-likeness (QED) is 0.474. The van der Waals surface area contributed by atoms with E-state index in [0.717, 1.165) is 36.9 Å². The summed E-state index contributed by atoms with van der Waals surface area (Å²) >= 11 is 5.97. The van der Waals surface area contributed by atoms with Crippen molar-refractivity contribution < 1.29 is 14.6 Å². The minimum Gasteiger partial charge on any atom is -0.490 e. The monoisotopic (exact) mass is 443 g/mol. The lowest BCUT2D eigenvalue weighted by Crippen LogP contribution is -2.49. The van der Waals surface area contributed by atoms with Gasteiger partial charge in [0.25, 0.3) is 0 Å². The molecule has 31 heavy (non-hydrogen) atoms. The number of ketones is 1. The van der Waals surface area contributed by atoms with Crippen molar-refractivity contribution in [1.82, 2.24) is 9.80 Å². The molecular formula is C24H30ClN3O3. The molecule has 3 rings (SSSR count). The molecule has 1 fully saturated rings. The van der Waals surface area contributed by atoms with Crippen LogP contribution in [0.15, 0.2) is 60.8 Å². The van der Waals surface area contributed by atoms with Gasteiger partial charge in [0.1, 0.15) is 18.5 Å². The topological polar surface area (TPSA) is 56.3 Å². The first-order chi connectivity index (χ1) is 14.9. The minimum atomic E-state index is -0.637. The fourth-order valence-corrected chi connectivity index (χ4v) is 3.61. The Morgan fingerprint density at radius 1 is 1.13 bits per heavy atom. The number of halogens is 1. The first-order valence-corrected chi connectivity index (χ1v) is 10.8. The molecule has 0 spiro atoms. The Hall–Kier alpha value is -2.54. The third kappa shape index (κ3) is 6.99. The van der Waals surface area contributed by atoms with Gasteiger partial charge in [-0.1, -0.05) is 23.7 Å². The Bertz CT molecular complexity index is 878. The number of β-amino-alcohol motifs (C(OH)–C–C–N with tert-alkyl or cyclic N) is 1. The summed E-state index contributed by atoms with van der Waals surface area (Å²) in [6, 6.07) is 15.0. The van der Waals surface area contributed by atoms with Gasteiger partial charge < -0.3 is 19.6 Å². The summed E-state index contributed by atoms with van der Waals surface area (Å²) in [5.41, 5.74) is 1.65. The predicted octanol–water partition coefficient (Wildman–Crippen LogP) is 3.16. The number of carbonyl (C=O) groups is 1. The van der Waals surface area contributed by atoms with Crippen LogP contribution in [0, 0.1) is 0 Å². The summed E-state index contributed by atoms with van der Waals surface area (Å²) in [7, 11) is 3.72. The molecule has 0 radical (unpaired) electrons. The molecule has 0 saturated carbocycles. The van der Waals surface area contributed by atoms with Crippen molar-refractivity contribution in [3.63, 3.8) is 0 Å². The smallest absolute Gasteiger partial charge is 0.191 e. The number of piperazine rings is 1. The molecule has 1 unspecified atom stereocenters. The van der Waals surface area contributed by atoms with Gasteiger partial charge in [0, 0.05) is 69.8 Å². The number of ether oxygens (including phenoxy) is 1. The molecule has 6 nitrogen and oxygen atoms in total. The Morgan fingerprint density at radius 2 is 1.81 bits per heavy atom. The van der Waals surface area contributed by atoms with Crippen LogP contribution in [0.2, 0.25) is 5.02 Å². The van der Waals surface area contributed by atoms with Gasteiger partial charge in [0.2, 0.25) is 0 Å². The highest BCUT2D eigenvalue weighted by Crippen LogP contribution is 2.21. The zero-order chi connectivity index (χ0) is 22.2. The van der Waals surface area contributed by atoms with E-state index >= 15 is 0 Å². The first-order valence-electron chi connectivity index (χ1n) is 10.4. The van der Waals surface area contributed by atoms with Crippen LogP contribution in [0.3, 0.4) is 0 Å². The zero-order valence-electron chi connectivity index (χ0n) is 18.1. The molecular weight excluding hydrogens is 414 g/mol. The molecule has 1 saturated heterocycles. The summed E-state index contributed by atoms with van der Waals surface area (Å²) in [5, 5.41) is 11.2. The van der Waals surface area contributed by atoms with E-state index in [1.54, 1.807) is 29.3 Å². The third-order valence-electron chi connectivity index (χ3n) is 5.14. The fraction of sp³-hybridized carbons (Fsp3) is 0.375. The zero-order valence-corrected chi connectivity index (χ0v) is 18.8. The predicted molar refractivity (Wildman–Crippen MR) is 125 cm³/mol. The maximum atomic E-state index is 12.4. The Balaban J connectivity index is 1.47. The van der Waals surface area contributed by atoms with E-state index in [2.05, 4.69) is 9.80 Å². The second kappa shape index (κ2) is 11.2. The van der Waals surface area contributed by atoms with Gasteiger partial charge in [0.15, 0.2) is 5.78 Å². The van der Waals surface area contributed by atoms with Crippen molar-refractivity contribution in [2.45, 2.75) is 6.10 Å².